The van der Waals surface area contributed by atoms with Crippen molar-refractivity contribution in [1.29, 1.82) is 0 Å². The van der Waals surface area contributed by atoms with Gasteiger partial charge in [-0.05, 0) is 55.4 Å². The molecule has 4 heterocycles. The summed E-state index contributed by atoms with van der Waals surface area (Å²) in [5.41, 5.74) is 6.35. The zero-order valence-corrected chi connectivity index (χ0v) is 26.8. The Morgan fingerprint density at radius 1 is 1.09 bits per heavy atom. The third-order valence-electron chi connectivity index (χ3n) is 7.97. The van der Waals surface area contributed by atoms with E-state index in [0.29, 0.717) is 41.5 Å². The summed E-state index contributed by atoms with van der Waals surface area (Å²) >= 11 is 1.47. The van der Waals surface area contributed by atoms with Crippen LogP contribution in [0.3, 0.4) is 0 Å². The zero-order valence-electron chi connectivity index (χ0n) is 26.0. The van der Waals surface area contributed by atoms with Gasteiger partial charge < -0.3 is 15.0 Å². The van der Waals surface area contributed by atoms with Crippen molar-refractivity contribution in [1.82, 2.24) is 24.8 Å². The number of carbonyl (C=O) groups is 1. The predicted molar refractivity (Wildman–Crippen MR) is 174 cm³/mol. The lowest BCUT2D eigenvalue weighted by Crippen LogP contribution is -2.47. The van der Waals surface area contributed by atoms with Crippen molar-refractivity contribution >= 4 is 17.2 Å². The molecule has 3 aromatic heterocycles. The molecular formula is C34H41N5O3S. The quantitative estimate of drug-likeness (QED) is 0.265. The molecule has 0 bridgehead atoms. The fraction of sp³-hybridized carbons (Fsp3) is 0.412. The van der Waals surface area contributed by atoms with Gasteiger partial charge in [-0.1, -0.05) is 45.9 Å². The molecule has 0 saturated carbocycles. The Balaban J connectivity index is 1.81. The number of hydrogen-bond acceptors (Lipinski definition) is 7. The van der Waals surface area contributed by atoms with Gasteiger partial charge in [-0.25, -0.2) is 9.97 Å². The molecule has 0 unspecified atom stereocenters. The van der Waals surface area contributed by atoms with Gasteiger partial charge in [0.05, 0.1) is 29.6 Å². The van der Waals surface area contributed by atoms with Crippen molar-refractivity contribution in [2.45, 2.75) is 53.9 Å². The second kappa shape index (κ2) is 13.2. The van der Waals surface area contributed by atoms with E-state index in [-0.39, 0.29) is 17.4 Å². The highest BCUT2D eigenvalue weighted by Gasteiger charge is 2.28. The first kappa shape index (κ1) is 30.6. The minimum atomic E-state index is -0.142. The number of para-hydroxylation sites is 1. The van der Waals surface area contributed by atoms with E-state index in [1.54, 1.807) is 19.4 Å². The second-order valence-corrected chi connectivity index (χ2v) is 12.5. The number of aromatic nitrogens is 3. The number of nitrogens with zero attached hydrogens (tertiary/aromatic N) is 4. The fourth-order valence-electron chi connectivity index (χ4n) is 5.78. The van der Waals surface area contributed by atoms with Crippen LogP contribution in [-0.4, -0.2) is 58.6 Å². The van der Waals surface area contributed by atoms with Crippen molar-refractivity contribution in [3.63, 3.8) is 0 Å². The Hall–Kier alpha value is -3.82. The summed E-state index contributed by atoms with van der Waals surface area (Å²) in [6.45, 7) is 13.3. The first-order valence-corrected chi connectivity index (χ1v) is 16.0. The average Bonchev–Trinajstić information content (AvgIpc) is 3.41. The molecule has 1 N–H and O–H groups in total. The minimum absolute atomic E-state index is 0.0352. The average molecular weight is 600 g/mol. The van der Waals surface area contributed by atoms with E-state index in [1.807, 2.05) is 28.5 Å². The minimum Gasteiger partial charge on any atom is -0.481 e. The monoisotopic (exact) mass is 599 g/mol. The van der Waals surface area contributed by atoms with E-state index in [4.69, 9.17) is 9.72 Å². The molecule has 8 nitrogen and oxygen atoms in total. The first-order valence-electron chi connectivity index (χ1n) is 15.2. The van der Waals surface area contributed by atoms with E-state index in [1.165, 1.54) is 11.3 Å². The topological polar surface area (TPSA) is 89.3 Å². The van der Waals surface area contributed by atoms with Gasteiger partial charge in [0, 0.05) is 54.6 Å². The number of aryl methyl sites for hydroxylation is 3. The molecule has 0 radical (unpaired) electrons. The Kier molecular flexibility index (Phi) is 9.42. The molecule has 1 saturated heterocycles. The van der Waals surface area contributed by atoms with Gasteiger partial charge in [0.2, 0.25) is 5.88 Å². The maximum Gasteiger partial charge on any atom is 0.265 e. The zero-order chi connectivity index (χ0) is 30.7. The van der Waals surface area contributed by atoms with Gasteiger partial charge >= 0.3 is 0 Å². The molecule has 0 atom stereocenters. The van der Waals surface area contributed by atoms with Crippen LogP contribution in [0.1, 0.15) is 59.8 Å². The van der Waals surface area contributed by atoms with Gasteiger partial charge in [-0.15, -0.1) is 11.3 Å². The smallest absolute Gasteiger partial charge is 0.265 e. The molecule has 0 spiro atoms. The van der Waals surface area contributed by atoms with Crippen molar-refractivity contribution in [2.24, 2.45) is 5.92 Å². The van der Waals surface area contributed by atoms with Gasteiger partial charge in [0.25, 0.3) is 11.5 Å². The molecule has 1 aliphatic rings. The number of methoxy groups -OCH3 is 1. The lowest BCUT2D eigenvalue weighted by Gasteiger charge is -2.30. The number of benzene rings is 1. The molecule has 4 aromatic rings. The van der Waals surface area contributed by atoms with Crippen LogP contribution in [0.2, 0.25) is 0 Å². The number of ether oxygens (including phenoxy) is 1. The lowest BCUT2D eigenvalue weighted by atomic mass is 9.97. The van der Waals surface area contributed by atoms with Crippen LogP contribution >= 0.6 is 11.3 Å². The maximum atomic E-state index is 14.8. The van der Waals surface area contributed by atoms with Crippen LogP contribution in [0.4, 0.5) is 0 Å². The highest BCUT2D eigenvalue weighted by Crippen LogP contribution is 2.34. The number of carbonyl (C=O) groups excluding carboxylic acids is 1. The summed E-state index contributed by atoms with van der Waals surface area (Å²) in [7, 11) is 1.59. The predicted octanol–water partition coefficient (Wildman–Crippen LogP) is 5.71. The number of thiazole rings is 1. The summed E-state index contributed by atoms with van der Waals surface area (Å²) in [6, 6.07) is 11.8. The van der Waals surface area contributed by atoms with Crippen molar-refractivity contribution in [2.75, 3.05) is 33.3 Å². The molecule has 226 valence electrons. The number of pyridine rings is 2. The molecular weight excluding hydrogens is 558 g/mol. The van der Waals surface area contributed by atoms with Crippen molar-refractivity contribution in [3.05, 3.63) is 80.2 Å². The van der Waals surface area contributed by atoms with Crippen LogP contribution in [0.15, 0.2) is 47.4 Å². The largest absolute Gasteiger partial charge is 0.481 e. The van der Waals surface area contributed by atoms with Gasteiger partial charge in [-0.2, -0.15) is 0 Å². The van der Waals surface area contributed by atoms with E-state index >= 15 is 0 Å². The van der Waals surface area contributed by atoms with Crippen molar-refractivity contribution in [3.8, 4) is 33.4 Å². The molecule has 1 aromatic carbocycles. The van der Waals surface area contributed by atoms with Crippen LogP contribution in [-0.2, 0) is 19.3 Å². The number of rotatable bonds is 9. The number of piperazine rings is 1. The van der Waals surface area contributed by atoms with Crippen LogP contribution < -0.4 is 15.6 Å². The Bertz CT molecular complexity index is 1640. The third-order valence-corrected chi connectivity index (χ3v) is 8.98. The Morgan fingerprint density at radius 3 is 2.37 bits per heavy atom. The molecule has 9 heteroatoms. The highest BCUT2D eigenvalue weighted by atomic mass is 32.1. The molecule has 43 heavy (non-hydrogen) atoms. The summed E-state index contributed by atoms with van der Waals surface area (Å²) in [4.78, 5) is 41.3. The maximum absolute atomic E-state index is 14.8. The van der Waals surface area contributed by atoms with Gasteiger partial charge in [-0.3, -0.25) is 14.2 Å². The van der Waals surface area contributed by atoms with Gasteiger partial charge in [0.1, 0.15) is 5.01 Å². The summed E-state index contributed by atoms with van der Waals surface area (Å²) in [5.74, 6) is 0.728. The first-order chi connectivity index (χ1) is 20.8. The molecule has 1 amide bonds. The summed E-state index contributed by atoms with van der Waals surface area (Å²) in [5, 5.41) is 3.94. The van der Waals surface area contributed by atoms with E-state index in [2.05, 4.69) is 56.2 Å². The lowest BCUT2D eigenvalue weighted by molar-refractivity contribution is 0.0733. The fourth-order valence-corrected chi connectivity index (χ4v) is 6.72. The normalized spacial score (nSPS) is 13.5. The van der Waals surface area contributed by atoms with Crippen LogP contribution in [0.25, 0.3) is 27.5 Å². The summed E-state index contributed by atoms with van der Waals surface area (Å²) < 4.78 is 7.08. The number of hydrogen-bond donors (Lipinski definition) is 1. The Morgan fingerprint density at radius 2 is 1.79 bits per heavy atom. The molecule has 1 aliphatic heterocycles. The number of amides is 1. The summed E-state index contributed by atoms with van der Waals surface area (Å²) in [6.07, 6.45) is 3.88. The standard InChI is InChI=1S/C34H41N5O3S/c1-7-23-10-9-11-24(8-2)31(23)39-28(18-21(3)4)26(33(40)38-16-14-35-15-17-38)19-27(34(39)41)32-37-30(22(5)43-32)25-12-13-29(42-6)36-20-25/h9-13,19-21,35H,7-8,14-18H2,1-6H3. The molecule has 0 aliphatic carbocycles. The van der Waals surface area contributed by atoms with E-state index in [9.17, 15) is 9.59 Å². The molecule has 1 fully saturated rings. The van der Waals surface area contributed by atoms with Crippen molar-refractivity contribution < 1.29 is 9.53 Å². The van der Waals surface area contributed by atoms with Gasteiger partial charge in [0.15, 0.2) is 0 Å². The number of nitrogens with one attached hydrogen (secondary N) is 1. The second-order valence-electron chi connectivity index (χ2n) is 11.3. The Labute approximate surface area is 257 Å². The van der Waals surface area contributed by atoms with E-state index < -0.39 is 0 Å². The van der Waals surface area contributed by atoms with Crippen LogP contribution in [0, 0.1) is 12.8 Å². The van der Waals surface area contributed by atoms with Crippen LogP contribution in [0.5, 0.6) is 5.88 Å². The third kappa shape index (κ3) is 6.15. The highest BCUT2D eigenvalue weighted by molar-refractivity contribution is 7.15. The SMILES string of the molecule is CCc1cccc(CC)c1-n1c(CC(C)C)c(C(=O)N2CCNCC2)cc(-c2nc(-c3ccc(OC)nc3)c(C)s2)c1=O. The van der Waals surface area contributed by atoms with E-state index in [0.717, 1.165) is 64.6 Å². The molecule has 5 rings (SSSR count).